The quantitative estimate of drug-likeness (QED) is 0.296. The highest BCUT2D eigenvalue weighted by atomic mass is 32.2. The van der Waals surface area contributed by atoms with E-state index in [1.165, 1.54) is 16.2 Å². The van der Waals surface area contributed by atoms with Gasteiger partial charge in [0.2, 0.25) is 0 Å². The maximum atomic E-state index is 13.9. The predicted octanol–water partition coefficient (Wildman–Crippen LogP) is 2.49. The number of nitriles is 1. The summed E-state index contributed by atoms with van der Waals surface area (Å²) in [4.78, 5) is 31.7. The largest absolute Gasteiger partial charge is 0.332 e. The normalized spacial score (nSPS) is 11.7. The van der Waals surface area contributed by atoms with E-state index in [0.29, 0.717) is 11.1 Å². The molecule has 192 valence electrons. The first-order valence-electron chi connectivity index (χ1n) is 11.7. The number of aromatic nitrogens is 4. The van der Waals surface area contributed by atoms with Gasteiger partial charge in [0.05, 0.1) is 31.0 Å². The Kier molecular flexibility index (Phi) is 6.44. The third-order valence-electron chi connectivity index (χ3n) is 6.39. The van der Waals surface area contributed by atoms with Crippen LogP contribution < -0.4 is 11.2 Å². The minimum atomic E-state index is -3.82. The second kappa shape index (κ2) is 9.74. The highest BCUT2D eigenvalue weighted by molar-refractivity contribution is 7.85. The average Bonchev–Trinajstić information content (AvgIpc) is 3.27. The molecule has 38 heavy (non-hydrogen) atoms. The van der Waals surface area contributed by atoms with E-state index in [4.69, 9.17) is 4.18 Å². The van der Waals surface area contributed by atoms with E-state index < -0.39 is 28.0 Å². The number of hydrogen-bond acceptors (Lipinski definition) is 7. The van der Waals surface area contributed by atoms with Gasteiger partial charge >= 0.3 is 5.69 Å². The lowest BCUT2D eigenvalue weighted by Gasteiger charge is -2.13. The summed E-state index contributed by atoms with van der Waals surface area (Å²) < 4.78 is 32.3. The minimum Gasteiger partial charge on any atom is -0.316 e. The molecular formula is C27H23N5O5S. The summed E-state index contributed by atoms with van der Waals surface area (Å²) in [5, 5.41) is 11.5. The molecule has 2 aromatic heterocycles. The fraction of sp³-hybridized carbons (Fsp3) is 0.185. The molecule has 0 bridgehead atoms. The van der Waals surface area contributed by atoms with Gasteiger partial charge in [-0.1, -0.05) is 60.7 Å². The van der Waals surface area contributed by atoms with Crippen LogP contribution in [0, 0.1) is 11.3 Å². The summed E-state index contributed by atoms with van der Waals surface area (Å²) in [5.74, 6) is 0.133. The van der Waals surface area contributed by atoms with Crippen molar-refractivity contribution < 1.29 is 12.6 Å². The van der Waals surface area contributed by atoms with Gasteiger partial charge in [-0.25, -0.2) is 9.78 Å². The second-order valence-corrected chi connectivity index (χ2v) is 10.5. The molecule has 0 unspecified atom stereocenters. The van der Waals surface area contributed by atoms with Gasteiger partial charge in [-0.3, -0.25) is 18.1 Å². The summed E-state index contributed by atoms with van der Waals surface area (Å²) in [7, 11) is -2.31. The molecule has 0 saturated carbocycles. The molecule has 10 nitrogen and oxygen atoms in total. The molecule has 0 aliphatic heterocycles. The summed E-state index contributed by atoms with van der Waals surface area (Å²) in [5.41, 5.74) is 0.844. The molecule has 0 fully saturated rings. The Morgan fingerprint density at radius 1 is 0.921 bits per heavy atom. The van der Waals surface area contributed by atoms with Gasteiger partial charge in [-0.2, -0.15) is 13.7 Å². The van der Waals surface area contributed by atoms with Crippen molar-refractivity contribution in [2.24, 2.45) is 7.05 Å². The van der Waals surface area contributed by atoms with Crippen LogP contribution in [0.3, 0.4) is 0 Å². The number of hydrogen-bond donors (Lipinski definition) is 0. The van der Waals surface area contributed by atoms with Gasteiger partial charge in [0.25, 0.3) is 15.7 Å². The van der Waals surface area contributed by atoms with Crippen LogP contribution in [-0.2, 0) is 41.0 Å². The molecule has 0 N–H and O–H groups in total. The van der Waals surface area contributed by atoms with E-state index in [0.717, 1.165) is 27.2 Å². The van der Waals surface area contributed by atoms with Crippen LogP contribution in [0.25, 0.3) is 21.9 Å². The van der Waals surface area contributed by atoms with Crippen molar-refractivity contribution in [2.75, 3.05) is 6.26 Å². The molecule has 0 atom stereocenters. The first-order chi connectivity index (χ1) is 18.2. The zero-order chi connectivity index (χ0) is 27.0. The van der Waals surface area contributed by atoms with E-state index in [2.05, 4.69) is 11.1 Å². The Balaban J connectivity index is 1.74. The van der Waals surface area contributed by atoms with Gasteiger partial charge in [0.15, 0.2) is 11.2 Å². The molecular weight excluding hydrogens is 506 g/mol. The van der Waals surface area contributed by atoms with E-state index in [1.54, 1.807) is 24.3 Å². The number of aryl methyl sites for hydroxylation is 1. The SMILES string of the molecule is Cn1c(=O)n(Cc2cccc3ccccc23)c(=O)c2c1nc(COS(C)(=O)=O)n2Cc1ccccc1C#N. The van der Waals surface area contributed by atoms with Gasteiger partial charge < -0.3 is 4.57 Å². The monoisotopic (exact) mass is 529 g/mol. The van der Waals surface area contributed by atoms with Crippen LogP contribution in [0.15, 0.2) is 76.3 Å². The lowest BCUT2D eigenvalue weighted by atomic mass is 10.0. The molecule has 0 spiro atoms. The molecule has 11 heteroatoms. The van der Waals surface area contributed by atoms with Crippen LogP contribution in [0.1, 0.15) is 22.5 Å². The fourth-order valence-corrected chi connectivity index (χ4v) is 4.85. The third kappa shape index (κ3) is 4.63. The van der Waals surface area contributed by atoms with Gasteiger partial charge in [0.1, 0.15) is 12.4 Å². The van der Waals surface area contributed by atoms with Crippen molar-refractivity contribution in [2.45, 2.75) is 19.7 Å². The van der Waals surface area contributed by atoms with Crippen LogP contribution in [0.5, 0.6) is 0 Å². The molecule has 0 aliphatic carbocycles. The fourth-order valence-electron chi connectivity index (χ4n) is 4.53. The molecule has 5 rings (SSSR count). The molecule has 0 amide bonds. The zero-order valence-corrected chi connectivity index (χ0v) is 21.5. The first kappa shape index (κ1) is 25.1. The van der Waals surface area contributed by atoms with Gasteiger partial charge in [-0.15, -0.1) is 0 Å². The molecule has 0 saturated heterocycles. The highest BCUT2D eigenvalue weighted by Crippen LogP contribution is 2.20. The lowest BCUT2D eigenvalue weighted by Crippen LogP contribution is -2.40. The number of benzene rings is 3. The molecule has 2 heterocycles. The molecule has 3 aromatic carbocycles. The standard InChI is InChI=1S/C27H23N5O5S/c1-30-25-24(26(33)32(27(30)34)16-21-12-7-11-18-8-5-6-13-22(18)21)31(23(29-25)17-37-38(2,35)36)15-20-10-4-3-9-19(20)14-28/h3-13H,15-17H2,1-2H3. The van der Waals surface area contributed by atoms with Crippen molar-refractivity contribution in [1.29, 1.82) is 5.26 Å². The van der Waals surface area contributed by atoms with Gasteiger partial charge in [0, 0.05) is 7.05 Å². The first-order valence-corrected chi connectivity index (χ1v) is 13.5. The Labute approximate surface area is 217 Å². The average molecular weight is 530 g/mol. The maximum absolute atomic E-state index is 13.9. The van der Waals surface area contributed by atoms with Crippen LogP contribution in [0.2, 0.25) is 0 Å². The van der Waals surface area contributed by atoms with E-state index in [9.17, 15) is 23.3 Å². The van der Waals surface area contributed by atoms with Crippen molar-refractivity contribution in [3.63, 3.8) is 0 Å². The van der Waals surface area contributed by atoms with Crippen molar-refractivity contribution in [1.82, 2.24) is 18.7 Å². The topological polar surface area (TPSA) is 129 Å². The third-order valence-corrected chi connectivity index (χ3v) is 6.93. The summed E-state index contributed by atoms with van der Waals surface area (Å²) in [6, 6.07) is 22.4. The number of imidazole rings is 1. The molecule has 0 aliphatic rings. The summed E-state index contributed by atoms with van der Waals surface area (Å²) in [6.45, 7) is -0.373. The van der Waals surface area contributed by atoms with Crippen molar-refractivity contribution in [3.05, 3.63) is 110 Å². The predicted molar refractivity (Wildman–Crippen MR) is 142 cm³/mol. The van der Waals surface area contributed by atoms with Crippen LogP contribution >= 0.6 is 0 Å². The maximum Gasteiger partial charge on any atom is 0.332 e. The Bertz CT molecular complexity index is 1970. The molecule has 0 radical (unpaired) electrons. The van der Waals surface area contributed by atoms with Crippen LogP contribution in [0.4, 0.5) is 0 Å². The summed E-state index contributed by atoms with van der Waals surface area (Å²) in [6.07, 6.45) is 0.915. The van der Waals surface area contributed by atoms with E-state index in [-0.39, 0.29) is 30.1 Å². The van der Waals surface area contributed by atoms with Gasteiger partial charge in [-0.05, 0) is 28.0 Å². The Morgan fingerprint density at radius 2 is 1.58 bits per heavy atom. The zero-order valence-electron chi connectivity index (χ0n) is 20.7. The Morgan fingerprint density at radius 3 is 2.34 bits per heavy atom. The number of fused-ring (bicyclic) bond motifs is 2. The van der Waals surface area contributed by atoms with Crippen molar-refractivity contribution in [3.8, 4) is 6.07 Å². The smallest absolute Gasteiger partial charge is 0.316 e. The van der Waals surface area contributed by atoms with E-state index >= 15 is 0 Å². The number of rotatable bonds is 7. The molecule has 5 aromatic rings. The number of nitrogens with zero attached hydrogens (tertiary/aromatic N) is 5. The highest BCUT2D eigenvalue weighted by Gasteiger charge is 2.22. The van der Waals surface area contributed by atoms with E-state index in [1.807, 2.05) is 42.5 Å². The Hall–Kier alpha value is -4.53. The second-order valence-electron chi connectivity index (χ2n) is 8.89. The van der Waals surface area contributed by atoms with Crippen LogP contribution in [-0.4, -0.2) is 33.4 Å². The van der Waals surface area contributed by atoms with Crippen molar-refractivity contribution >= 4 is 32.1 Å². The minimum absolute atomic E-state index is 0.0257. The summed E-state index contributed by atoms with van der Waals surface area (Å²) >= 11 is 0. The lowest BCUT2D eigenvalue weighted by molar-refractivity contribution is 0.297.